The summed E-state index contributed by atoms with van der Waals surface area (Å²) in [6.07, 6.45) is -2.50. The van der Waals surface area contributed by atoms with Crippen LogP contribution in [0.5, 0.6) is 0 Å². The zero-order valence-electron chi connectivity index (χ0n) is 23.2. The number of thiophene rings is 1. The Balaban J connectivity index is 2.20. The summed E-state index contributed by atoms with van der Waals surface area (Å²) in [4.78, 5) is 55.5. The molecule has 0 spiro atoms. The maximum atomic E-state index is 13.1. The molecule has 1 saturated heterocycles. The molecule has 1 aromatic rings. The number of β-lactam (4-membered cyclic amide) rings is 1. The molecule has 1 aromatic heterocycles. The van der Waals surface area contributed by atoms with Crippen molar-refractivity contribution in [2.45, 2.75) is 77.9 Å². The minimum absolute atomic E-state index is 0.186. The SMILES string of the molecule is C[C@H]1[C@H](NC(=O)/C(=N\OC(CNC(=O)OC(C)(C)C)CNC(=O)OC(C)(C)C)c2cccs2)C(=O)N1S(=O)(=O)O. The average Bonchev–Trinajstić information content (AvgIpc) is 3.30. The van der Waals surface area contributed by atoms with Crippen molar-refractivity contribution in [1.29, 1.82) is 0 Å². The van der Waals surface area contributed by atoms with E-state index in [9.17, 15) is 32.1 Å². The molecule has 2 atom stereocenters. The first kappa shape index (κ1) is 32.8. The summed E-state index contributed by atoms with van der Waals surface area (Å²) >= 11 is 1.14. The number of hydrogen-bond acceptors (Lipinski definition) is 11. The Morgan fingerprint density at radius 2 is 1.60 bits per heavy atom. The molecule has 0 radical (unpaired) electrons. The molecule has 0 unspecified atom stereocenters. The molecule has 2 rings (SSSR count). The summed E-state index contributed by atoms with van der Waals surface area (Å²) in [7, 11) is -4.78. The quantitative estimate of drug-likeness (QED) is 0.131. The molecule has 0 aromatic carbocycles. The van der Waals surface area contributed by atoms with Crippen LogP contribution in [0, 0.1) is 0 Å². The van der Waals surface area contributed by atoms with Crippen molar-refractivity contribution in [2.24, 2.45) is 5.16 Å². The zero-order valence-corrected chi connectivity index (χ0v) is 24.8. The summed E-state index contributed by atoms with van der Waals surface area (Å²) < 4.78 is 42.6. The number of hydrogen-bond donors (Lipinski definition) is 4. The second kappa shape index (κ2) is 12.8. The van der Waals surface area contributed by atoms with E-state index in [2.05, 4.69) is 21.1 Å². The molecule has 15 nitrogen and oxygen atoms in total. The van der Waals surface area contributed by atoms with Gasteiger partial charge in [0.2, 0.25) is 0 Å². The lowest BCUT2D eigenvalue weighted by molar-refractivity contribution is -0.143. The molecule has 0 saturated carbocycles. The van der Waals surface area contributed by atoms with Gasteiger partial charge in [-0.25, -0.2) is 13.9 Å². The van der Waals surface area contributed by atoms with Gasteiger partial charge in [-0.05, 0) is 59.9 Å². The van der Waals surface area contributed by atoms with E-state index in [0.717, 1.165) is 11.3 Å². The number of carbonyl (C=O) groups excluding carboxylic acids is 4. The van der Waals surface area contributed by atoms with Crippen LogP contribution in [-0.2, 0) is 34.2 Å². The van der Waals surface area contributed by atoms with Gasteiger partial charge in [0, 0.05) is 0 Å². The Kier molecular flexibility index (Phi) is 10.5. The standard InChI is InChI=1S/C23H35N5O10S2/c1-13-16(19(30)28(13)40(33,34)35)26-18(29)17(15-9-8-10-39-15)27-38-14(11-24-20(31)36-22(2,3)4)12-25-21(32)37-23(5,6)7/h8-10,13-14,16H,11-12H2,1-7H3,(H,24,31)(H,25,32)(H,26,29)(H,33,34,35)/b27-17-/t13-,16-/m0/s1. The lowest BCUT2D eigenvalue weighted by Crippen LogP contribution is -2.71. The highest BCUT2D eigenvalue weighted by molar-refractivity contribution is 7.84. The van der Waals surface area contributed by atoms with Gasteiger partial charge in [-0.3, -0.25) is 14.1 Å². The number of carbonyl (C=O) groups is 4. The van der Waals surface area contributed by atoms with E-state index in [1.807, 2.05) is 0 Å². The highest BCUT2D eigenvalue weighted by Gasteiger charge is 2.51. The maximum absolute atomic E-state index is 13.1. The van der Waals surface area contributed by atoms with Crippen molar-refractivity contribution in [3.05, 3.63) is 22.4 Å². The molecule has 0 aliphatic carbocycles. The molecule has 40 heavy (non-hydrogen) atoms. The third-order valence-electron chi connectivity index (χ3n) is 4.88. The Morgan fingerprint density at radius 1 is 1.07 bits per heavy atom. The molecule has 0 bridgehead atoms. The van der Waals surface area contributed by atoms with Crippen molar-refractivity contribution in [1.82, 2.24) is 20.3 Å². The van der Waals surface area contributed by atoms with E-state index in [-0.39, 0.29) is 23.1 Å². The Bertz CT molecular complexity index is 1190. The van der Waals surface area contributed by atoms with E-state index < -0.39 is 63.7 Å². The average molecular weight is 606 g/mol. The lowest BCUT2D eigenvalue weighted by atomic mass is 10.0. The number of rotatable bonds is 10. The largest absolute Gasteiger partial charge is 0.444 e. The Labute approximate surface area is 236 Å². The van der Waals surface area contributed by atoms with Gasteiger partial charge in [0.1, 0.15) is 17.2 Å². The molecule has 4 amide bonds. The van der Waals surface area contributed by atoms with E-state index in [1.54, 1.807) is 59.1 Å². The van der Waals surface area contributed by atoms with E-state index >= 15 is 0 Å². The number of nitrogens with one attached hydrogen (secondary N) is 3. The van der Waals surface area contributed by atoms with Gasteiger partial charge in [-0.1, -0.05) is 11.2 Å². The first-order valence-corrected chi connectivity index (χ1v) is 14.4. The third-order valence-corrected chi connectivity index (χ3v) is 6.77. The van der Waals surface area contributed by atoms with Crippen molar-refractivity contribution >= 4 is 51.4 Å². The number of amides is 4. The van der Waals surface area contributed by atoms with Crippen molar-refractivity contribution in [3.63, 3.8) is 0 Å². The molecule has 4 N–H and O–H groups in total. The van der Waals surface area contributed by atoms with Gasteiger partial charge in [-0.2, -0.15) is 8.42 Å². The minimum atomic E-state index is -4.78. The van der Waals surface area contributed by atoms with Crippen LogP contribution in [-0.4, -0.2) is 89.5 Å². The molecular weight excluding hydrogens is 570 g/mol. The fourth-order valence-electron chi connectivity index (χ4n) is 3.22. The van der Waals surface area contributed by atoms with Crippen LogP contribution in [0.1, 0.15) is 53.3 Å². The monoisotopic (exact) mass is 605 g/mol. The first-order chi connectivity index (χ1) is 18.3. The number of nitrogens with zero attached hydrogens (tertiary/aromatic N) is 2. The topological polar surface area (TPSA) is 202 Å². The first-order valence-electron chi connectivity index (χ1n) is 12.1. The molecule has 2 heterocycles. The van der Waals surface area contributed by atoms with Gasteiger partial charge in [-0.15, -0.1) is 11.3 Å². The lowest BCUT2D eigenvalue weighted by Gasteiger charge is -2.42. The summed E-state index contributed by atoms with van der Waals surface area (Å²) in [5.74, 6) is -1.88. The van der Waals surface area contributed by atoms with Gasteiger partial charge in [0.25, 0.3) is 11.8 Å². The Hall–Kier alpha value is -3.44. The van der Waals surface area contributed by atoms with Crippen LogP contribution < -0.4 is 16.0 Å². The van der Waals surface area contributed by atoms with E-state index in [1.165, 1.54) is 6.92 Å². The maximum Gasteiger partial charge on any atom is 0.407 e. The normalized spacial score (nSPS) is 18.1. The molecule has 1 aliphatic heterocycles. The van der Waals surface area contributed by atoms with Crippen LogP contribution >= 0.6 is 11.3 Å². The van der Waals surface area contributed by atoms with Gasteiger partial charge in [0.05, 0.1) is 24.0 Å². The van der Waals surface area contributed by atoms with E-state index in [0.29, 0.717) is 4.88 Å². The Morgan fingerprint density at radius 3 is 2.00 bits per heavy atom. The molecule has 1 aliphatic rings. The molecule has 17 heteroatoms. The number of alkyl carbamates (subject to hydrolysis) is 2. The predicted octanol–water partition coefficient (Wildman–Crippen LogP) is 1.41. The third kappa shape index (κ3) is 9.95. The second-order valence-corrected chi connectivity index (χ2v) is 13.0. The van der Waals surface area contributed by atoms with E-state index in [4.69, 9.17) is 14.3 Å². The van der Waals surface area contributed by atoms with Crippen LogP contribution in [0.4, 0.5) is 9.59 Å². The van der Waals surface area contributed by atoms with Crippen LogP contribution in [0.25, 0.3) is 0 Å². The van der Waals surface area contributed by atoms with Crippen molar-refractivity contribution < 1.29 is 46.5 Å². The van der Waals surface area contributed by atoms with Crippen molar-refractivity contribution in [3.8, 4) is 0 Å². The summed E-state index contributed by atoms with van der Waals surface area (Å²) in [6.45, 7) is 11.1. The zero-order chi connectivity index (χ0) is 30.5. The number of ether oxygens (including phenoxy) is 2. The fourth-order valence-corrected chi connectivity index (χ4v) is 4.81. The van der Waals surface area contributed by atoms with Gasteiger partial charge >= 0.3 is 22.5 Å². The summed E-state index contributed by atoms with van der Waals surface area (Å²) in [5.41, 5.74) is -1.78. The predicted molar refractivity (Wildman–Crippen MR) is 144 cm³/mol. The highest BCUT2D eigenvalue weighted by atomic mass is 32.2. The van der Waals surface area contributed by atoms with Crippen LogP contribution in [0.2, 0.25) is 0 Å². The second-order valence-electron chi connectivity index (χ2n) is 10.7. The van der Waals surface area contributed by atoms with Crippen molar-refractivity contribution in [2.75, 3.05) is 13.1 Å². The van der Waals surface area contributed by atoms with Gasteiger partial charge in [0.15, 0.2) is 11.8 Å². The molecular formula is C23H35N5O10S2. The number of oxime groups is 1. The molecule has 1 fully saturated rings. The smallest absolute Gasteiger partial charge is 0.407 e. The summed E-state index contributed by atoms with van der Waals surface area (Å²) in [5, 5.41) is 13.0. The van der Waals surface area contributed by atoms with Crippen LogP contribution in [0.15, 0.2) is 22.7 Å². The fraction of sp³-hybridized carbons (Fsp3) is 0.609. The highest BCUT2D eigenvalue weighted by Crippen LogP contribution is 2.23. The summed E-state index contributed by atoms with van der Waals surface area (Å²) in [6, 6.07) is 0.931. The minimum Gasteiger partial charge on any atom is -0.444 e. The van der Waals surface area contributed by atoms with Gasteiger partial charge < -0.3 is 30.3 Å². The molecule has 224 valence electrons. The van der Waals surface area contributed by atoms with Crippen LogP contribution in [0.3, 0.4) is 0 Å².